The van der Waals surface area contributed by atoms with E-state index >= 15 is 0 Å². The first-order chi connectivity index (χ1) is 8.97. The van der Waals surface area contributed by atoms with Gasteiger partial charge in [-0.1, -0.05) is 15.9 Å². The number of carbonyl (C=O) groups is 1. The lowest BCUT2D eigenvalue weighted by atomic mass is 10.1. The minimum absolute atomic E-state index is 0.337. The summed E-state index contributed by atoms with van der Waals surface area (Å²) in [5.41, 5.74) is 2.30. The second kappa shape index (κ2) is 5.92. The van der Waals surface area contributed by atoms with Crippen LogP contribution >= 0.6 is 15.9 Å². The Hall–Kier alpha value is -1.07. The second-order valence-corrected chi connectivity index (χ2v) is 6.09. The molecule has 1 saturated heterocycles. The molecule has 1 unspecified atom stereocenters. The van der Waals surface area contributed by atoms with Crippen LogP contribution in [0.4, 0.5) is 5.69 Å². The van der Waals surface area contributed by atoms with Gasteiger partial charge in [-0.25, -0.2) is 0 Å². The minimum atomic E-state index is -0.714. The van der Waals surface area contributed by atoms with E-state index in [9.17, 15) is 9.90 Å². The molecule has 1 aromatic carbocycles. The third-order valence-corrected chi connectivity index (χ3v) is 4.07. The number of hydrogen-bond donors (Lipinski definition) is 1. The van der Waals surface area contributed by atoms with Crippen LogP contribution in [0.2, 0.25) is 0 Å². The average molecular weight is 327 g/mol. The fraction of sp³-hybridized carbons (Fsp3) is 0.500. The largest absolute Gasteiger partial charge is 0.481 e. The highest BCUT2D eigenvalue weighted by Crippen LogP contribution is 2.25. The van der Waals surface area contributed by atoms with Gasteiger partial charge in [-0.3, -0.25) is 4.79 Å². The van der Waals surface area contributed by atoms with E-state index in [1.807, 2.05) is 13.1 Å². The van der Waals surface area contributed by atoms with Gasteiger partial charge in [0, 0.05) is 36.3 Å². The second-order valence-electron chi connectivity index (χ2n) is 5.17. The maximum Gasteiger partial charge on any atom is 0.309 e. The van der Waals surface area contributed by atoms with E-state index in [-0.39, 0.29) is 5.92 Å². The third-order valence-electron chi connectivity index (χ3n) is 3.57. The van der Waals surface area contributed by atoms with Gasteiger partial charge in [-0.2, -0.15) is 0 Å². The molecule has 0 amide bonds. The van der Waals surface area contributed by atoms with Gasteiger partial charge in [-0.15, -0.1) is 0 Å². The summed E-state index contributed by atoms with van der Waals surface area (Å²) in [5.74, 6) is -1.05. The number of aliphatic carboxylic acids is 1. The summed E-state index contributed by atoms with van der Waals surface area (Å²) in [6.07, 6.45) is 0. The number of likely N-dealkylation sites (N-methyl/N-ethyl adjacent to an activating group) is 1. The van der Waals surface area contributed by atoms with Gasteiger partial charge in [0.1, 0.15) is 0 Å². The normalized spacial score (nSPS) is 21.2. The average Bonchev–Trinajstić information content (AvgIpc) is 2.51. The molecule has 0 radical (unpaired) electrons. The zero-order valence-electron chi connectivity index (χ0n) is 11.3. The van der Waals surface area contributed by atoms with Crippen LogP contribution in [0.15, 0.2) is 22.7 Å². The van der Waals surface area contributed by atoms with Crippen molar-refractivity contribution in [1.29, 1.82) is 0 Å². The van der Waals surface area contributed by atoms with E-state index in [1.165, 1.54) is 5.56 Å². The van der Waals surface area contributed by atoms with Crippen molar-refractivity contribution in [2.24, 2.45) is 5.92 Å². The van der Waals surface area contributed by atoms with Gasteiger partial charge in [-0.05, 0) is 37.7 Å². The fourth-order valence-electron chi connectivity index (χ4n) is 2.52. The fourth-order valence-corrected chi connectivity index (χ4v) is 3.00. The number of anilines is 1. The number of rotatable bonds is 2. The summed E-state index contributed by atoms with van der Waals surface area (Å²) in [5, 5.41) is 9.30. The molecule has 1 atom stereocenters. The van der Waals surface area contributed by atoms with Crippen molar-refractivity contribution in [1.82, 2.24) is 4.90 Å². The summed E-state index contributed by atoms with van der Waals surface area (Å²) in [4.78, 5) is 15.6. The molecule has 104 valence electrons. The molecule has 0 saturated carbocycles. The number of halogens is 1. The van der Waals surface area contributed by atoms with Gasteiger partial charge >= 0.3 is 5.97 Å². The molecule has 2 rings (SSSR count). The van der Waals surface area contributed by atoms with Crippen molar-refractivity contribution >= 4 is 27.6 Å². The number of carboxylic acid groups (broad SMARTS) is 1. The van der Waals surface area contributed by atoms with Gasteiger partial charge in [0.15, 0.2) is 0 Å². The van der Waals surface area contributed by atoms with Crippen LogP contribution in [0.5, 0.6) is 0 Å². The van der Waals surface area contributed by atoms with Crippen LogP contribution < -0.4 is 4.90 Å². The lowest BCUT2D eigenvalue weighted by Gasteiger charge is -2.26. The molecular weight excluding hydrogens is 308 g/mol. The molecule has 4 nitrogen and oxygen atoms in total. The Kier molecular flexibility index (Phi) is 4.47. The van der Waals surface area contributed by atoms with Crippen LogP contribution in [-0.4, -0.2) is 49.2 Å². The molecule has 1 aromatic rings. The van der Waals surface area contributed by atoms with Crippen LogP contribution in [0.1, 0.15) is 5.56 Å². The number of benzene rings is 1. The molecule has 1 N–H and O–H groups in total. The first-order valence-corrected chi connectivity index (χ1v) is 7.19. The van der Waals surface area contributed by atoms with Gasteiger partial charge in [0.25, 0.3) is 0 Å². The zero-order chi connectivity index (χ0) is 14.0. The molecule has 0 aliphatic carbocycles. The van der Waals surface area contributed by atoms with E-state index < -0.39 is 5.97 Å². The lowest BCUT2D eigenvalue weighted by Crippen LogP contribution is -2.34. The van der Waals surface area contributed by atoms with E-state index in [4.69, 9.17) is 0 Å². The standard InChI is InChI=1S/C14H19BrN2O2/c1-10-7-12(15)3-4-13(10)17-6-5-16(2)8-11(9-17)14(18)19/h3-4,7,11H,5-6,8-9H2,1-2H3,(H,18,19). The Bertz CT molecular complexity index is 479. The number of hydrogen-bond acceptors (Lipinski definition) is 3. The third kappa shape index (κ3) is 3.48. The Labute approximate surface area is 122 Å². The Morgan fingerprint density at radius 3 is 2.74 bits per heavy atom. The summed E-state index contributed by atoms with van der Waals surface area (Å²) < 4.78 is 1.05. The molecule has 5 heteroatoms. The van der Waals surface area contributed by atoms with Crippen LogP contribution in [0.3, 0.4) is 0 Å². The molecule has 0 bridgehead atoms. The molecule has 1 fully saturated rings. The van der Waals surface area contributed by atoms with Gasteiger partial charge in [0.05, 0.1) is 5.92 Å². The maximum absolute atomic E-state index is 11.3. The van der Waals surface area contributed by atoms with Crippen molar-refractivity contribution < 1.29 is 9.90 Å². The summed E-state index contributed by atoms with van der Waals surface area (Å²) in [7, 11) is 1.98. The highest BCUT2D eigenvalue weighted by atomic mass is 79.9. The number of nitrogens with zero attached hydrogens (tertiary/aromatic N) is 2. The van der Waals surface area contributed by atoms with Gasteiger partial charge < -0.3 is 14.9 Å². The Balaban J connectivity index is 2.25. The lowest BCUT2D eigenvalue weighted by molar-refractivity contribution is -0.141. The molecule has 1 aliphatic heterocycles. The summed E-state index contributed by atoms with van der Waals surface area (Å²) in [6.45, 7) is 5.00. The maximum atomic E-state index is 11.3. The highest BCUT2D eigenvalue weighted by molar-refractivity contribution is 9.10. The van der Waals surface area contributed by atoms with Crippen LogP contribution in [-0.2, 0) is 4.79 Å². The molecule has 0 spiro atoms. The monoisotopic (exact) mass is 326 g/mol. The predicted octanol–water partition coefficient (Wildman–Crippen LogP) is 2.21. The highest BCUT2D eigenvalue weighted by Gasteiger charge is 2.26. The van der Waals surface area contributed by atoms with Crippen molar-refractivity contribution in [2.45, 2.75) is 6.92 Å². The minimum Gasteiger partial charge on any atom is -0.481 e. The van der Waals surface area contributed by atoms with E-state index in [1.54, 1.807) is 0 Å². The topological polar surface area (TPSA) is 43.8 Å². The molecule has 1 aliphatic rings. The number of aryl methyl sites for hydroxylation is 1. The van der Waals surface area contributed by atoms with Crippen LogP contribution in [0, 0.1) is 12.8 Å². The quantitative estimate of drug-likeness (QED) is 0.905. The molecule has 19 heavy (non-hydrogen) atoms. The van der Waals surface area contributed by atoms with Crippen molar-refractivity contribution in [3.05, 3.63) is 28.2 Å². The van der Waals surface area contributed by atoms with Gasteiger partial charge in [0.2, 0.25) is 0 Å². The van der Waals surface area contributed by atoms with E-state index in [0.717, 1.165) is 23.2 Å². The van der Waals surface area contributed by atoms with Crippen LogP contribution in [0.25, 0.3) is 0 Å². The van der Waals surface area contributed by atoms with E-state index in [2.05, 4.69) is 44.8 Å². The molecular formula is C14H19BrN2O2. The molecule has 0 aromatic heterocycles. The van der Waals surface area contributed by atoms with E-state index in [0.29, 0.717) is 13.1 Å². The Morgan fingerprint density at radius 1 is 1.37 bits per heavy atom. The zero-order valence-corrected chi connectivity index (χ0v) is 12.9. The first kappa shape index (κ1) is 14.3. The predicted molar refractivity (Wildman–Crippen MR) is 79.7 cm³/mol. The Morgan fingerprint density at radius 2 is 2.11 bits per heavy atom. The summed E-state index contributed by atoms with van der Waals surface area (Å²) in [6, 6.07) is 6.13. The molecule has 1 heterocycles. The number of carboxylic acids is 1. The summed E-state index contributed by atoms with van der Waals surface area (Å²) >= 11 is 3.46. The van der Waals surface area contributed by atoms with Crippen molar-refractivity contribution in [3.63, 3.8) is 0 Å². The van der Waals surface area contributed by atoms with Crippen molar-refractivity contribution in [2.75, 3.05) is 38.1 Å². The smallest absolute Gasteiger partial charge is 0.309 e. The van der Waals surface area contributed by atoms with Crippen molar-refractivity contribution in [3.8, 4) is 0 Å². The SMILES string of the molecule is Cc1cc(Br)ccc1N1CCN(C)CC(C(=O)O)C1. The first-order valence-electron chi connectivity index (χ1n) is 6.40.